The maximum Gasteiger partial charge on any atom is 0.385 e. The molecule has 18 heteroatoms. The number of anilines is 2. The first kappa shape index (κ1) is 31.1. The molecule has 4 N–H and O–H groups in total. The summed E-state index contributed by atoms with van der Waals surface area (Å²) in [5.41, 5.74) is 4.62. The lowest BCUT2D eigenvalue weighted by Gasteiger charge is -2.43. The van der Waals surface area contributed by atoms with Crippen LogP contribution in [0.1, 0.15) is 11.1 Å². The molecule has 0 unspecified atom stereocenters. The van der Waals surface area contributed by atoms with Gasteiger partial charge in [-0.1, -0.05) is 24.3 Å². The molecule has 0 bridgehead atoms. The molecule has 0 aliphatic carbocycles. The van der Waals surface area contributed by atoms with Crippen LogP contribution in [0.5, 0.6) is 0 Å². The van der Waals surface area contributed by atoms with Crippen LogP contribution in [0.3, 0.4) is 0 Å². The van der Waals surface area contributed by atoms with Crippen LogP contribution in [-0.4, -0.2) is 35.5 Å². The molecule has 2 nitrogen and oxygen atoms in total. The minimum atomic E-state index is -8.50. The van der Waals surface area contributed by atoms with Crippen molar-refractivity contribution in [1.29, 1.82) is 0 Å². The zero-order chi connectivity index (χ0) is 30.0. The summed E-state index contributed by atoms with van der Waals surface area (Å²) in [6.45, 7) is 0. The van der Waals surface area contributed by atoms with Crippen molar-refractivity contribution < 1.29 is 70.2 Å². The number of benzene rings is 2. The van der Waals surface area contributed by atoms with Gasteiger partial charge in [0.1, 0.15) is 0 Å². The number of rotatable bonds is 9. The highest BCUT2D eigenvalue weighted by atomic mass is 19.4. The van der Waals surface area contributed by atoms with Gasteiger partial charge >= 0.3 is 47.4 Å². The van der Waals surface area contributed by atoms with Crippen LogP contribution < -0.4 is 11.5 Å². The second kappa shape index (κ2) is 8.72. The van der Waals surface area contributed by atoms with E-state index in [1.807, 2.05) is 0 Å². The van der Waals surface area contributed by atoms with Crippen LogP contribution >= 0.6 is 0 Å². The fourth-order valence-electron chi connectivity index (χ4n) is 2.93. The smallest absolute Gasteiger partial charge is 0.385 e. The largest absolute Gasteiger partial charge is 0.399 e. The number of hydrogen-bond acceptors (Lipinski definition) is 2. The zero-order valence-electron chi connectivity index (χ0n) is 17.8. The maximum atomic E-state index is 14.1. The predicted molar refractivity (Wildman–Crippen MR) is 99.2 cm³/mol. The molecule has 0 spiro atoms. The fraction of sp³-hybridized carbons (Fsp3) is 0.400. The molecular weight excluding hydrogens is 572 g/mol. The van der Waals surface area contributed by atoms with E-state index in [1.54, 1.807) is 0 Å². The van der Waals surface area contributed by atoms with Gasteiger partial charge in [-0.05, 0) is 24.3 Å². The van der Waals surface area contributed by atoms with Crippen LogP contribution in [0.2, 0.25) is 0 Å². The van der Waals surface area contributed by atoms with E-state index in [0.717, 1.165) is 0 Å². The van der Waals surface area contributed by atoms with E-state index in [9.17, 15) is 70.2 Å². The third kappa shape index (κ3) is 3.97. The normalized spacial score (nSPS) is 15.1. The Labute approximate surface area is 201 Å². The minimum Gasteiger partial charge on any atom is -0.399 e. The highest BCUT2D eigenvalue weighted by molar-refractivity contribution is 5.42. The van der Waals surface area contributed by atoms with E-state index < -0.39 is 69.9 Å². The summed E-state index contributed by atoms with van der Waals surface area (Å²) >= 11 is 0. The Morgan fingerprint density at radius 1 is 0.316 bits per heavy atom. The van der Waals surface area contributed by atoms with Crippen molar-refractivity contribution in [1.82, 2.24) is 0 Å². The van der Waals surface area contributed by atoms with Crippen LogP contribution in [0.15, 0.2) is 48.5 Å². The second-order valence-electron chi connectivity index (χ2n) is 7.84. The van der Waals surface area contributed by atoms with Crippen LogP contribution in [0.4, 0.5) is 81.6 Å². The summed E-state index contributed by atoms with van der Waals surface area (Å²) in [7, 11) is 0. The molecule has 0 aliphatic rings. The van der Waals surface area contributed by atoms with Gasteiger partial charge in [0.25, 0.3) is 0 Å². The summed E-state index contributed by atoms with van der Waals surface area (Å²) in [6.07, 6.45) is 0. The standard InChI is InChI=1S/C20H12F16N2/c21-13(22,9-1-5-11(37)6-2-9)15(25,26)17(29,30)19(33,34)20(35,36)18(31,32)16(27,28)14(23,24)10-3-7-12(38)8-4-10/h1-8H,37-38H2. The highest BCUT2D eigenvalue weighted by Crippen LogP contribution is 2.65. The third-order valence-electron chi connectivity index (χ3n) is 5.31. The third-order valence-corrected chi connectivity index (χ3v) is 5.31. The Bertz CT molecular complexity index is 1050. The molecule has 214 valence electrons. The van der Waals surface area contributed by atoms with E-state index >= 15 is 0 Å². The van der Waals surface area contributed by atoms with Crippen molar-refractivity contribution in [2.75, 3.05) is 11.5 Å². The van der Waals surface area contributed by atoms with E-state index in [0.29, 0.717) is 24.3 Å². The summed E-state index contributed by atoms with van der Waals surface area (Å²) in [5, 5.41) is 0. The lowest BCUT2D eigenvalue weighted by atomic mass is 9.85. The molecule has 0 radical (unpaired) electrons. The highest BCUT2D eigenvalue weighted by Gasteiger charge is 2.94. The van der Waals surface area contributed by atoms with Crippen LogP contribution in [-0.2, 0) is 11.8 Å². The Kier molecular flexibility index (Phi) is 7.15. The van der Waals surface area contributed by atoms with E-state index in [2.05, 4.69) is 0 Å². The van der Waals surface area contributed by atoms with Crippen LogP contribution in [0, 0.1) is 0 Å². The van der Waals surface area contributed by atoms with Gasteiger partial charge in [-0.25, -0.2) is 0 Å². The molecule has 0 heterocycles. The van der Waals surface area contributed by atoms with Gasteiger partial charge in [0.15, 0.2) is 0 Å². The molecular formula is C20H12F16N2. The van der Waals surface area contributed by atoms with E-state index in [-0.39, 0.29) is 24.3 Å². The van der Waals surface area contributed by atoms with Gasteiger partial charge in [-0.3, -0.25) is 0 Å². The summed E-state index contributed by atoms with van der Waals surface area (Å²) < 4.78 is 225. The molecule has 0 atom stereocenters. The molecule has 0 aliphatic heterocycles. The summed E-state index contributed by atoms with van der Waals surface area (Å²) in [5.74, 6) is -62.0. The van der Waals surface area contributed by atoms with Crippen molar-refractivity contribution >= 4 is 11.4 Å². The lowest BCUT2D eigenvalue weighted by Crippen LogP contribution is -2.74. The summed E-state index contributed by atoms with van der Waals surface area (Å²) in [4.78, 5) is 0. The van der Waals surface area contributed by atoms with E-state index in [1.165, 1.54) is 0 Å². The van der Waals surface area contributed by atoms with Gasteiger partial charge in [-0.2, -0.15) is 70.2 Å². The average Bonchev–Trinajstić information content (AvgIpc) is 2.78. The molecule has 38 heavy (non-hydrogen) atoms. The maximum absolute atomic E-state index is 14.1. The van der Waals surface area contributed by atoms with Gasteiger partial charge < -0.3 is 11.5 Å². The molecule has 2 rings (SSSR count). The lowest BCUT2D eigenvalue weighted by molar-refractivity contribution is -0.456. The first-order valence-electron chi connectivity index (χ1n) is 9.49. The Balaban J connectivity index is 2.66. The van der Waals surface area contributed by atoms with Crippen molar-refractivity contribution in [3.05, 3.63) is 59.7 Å². The quantitative estimate of drug-likeness (QED) is 0.236. The van der Waals surface area contributed by atoms with Crippen molar-refractivity contribution in [2.24, 2.45) is 0 Å². The topological polar surface area (TPSA) is 52.0 Å². The Morgan fingerprint density at radius 3 is 0.711 bits per heavy atom. The molecule has 2 aromatic carbocycles. The van der Waals surface area contributed by atoms with Gasteiger partial charge in [0.05, 0.1) is 0 Å². The van der Waals surface area contributed by atoms with Crippen molar-refractivity contribution in [3.8, 4) is 0 Å². The van der Waals surface area contributed by atoms with Crippen molar-refractivity contribution in [3.63, 3.8) is 0 Å². The SMILES string of the molecule is Nc1ccc(C(F)(F)C(F)(F)C(F)(F)C(F)(F)C(F)(F)C(F)(F)C(F)(F)C(F)(F)c2ccc(N)cc2)cc1. The minimum absolute atomic E-state index is 0.147. The summed E-state index contributed by atoms with van der Waals surface area (Å²) in [6, 6.07) is 0.793. The number of halogens is 16. The first-order chi connectivity index (χ1) is 16.7. The van der Waals surface area contributed by atoms with Gasteiger partial charge in [0, 0.05) is 22.5 Å². The predicted octanol–water partition coefficient (Wildman–Crippen LogP) is 7.55. The fourth-order valence-corrected chi connectivity index (χ4v) is 2.93. The second-order valence-corrected chi connectivity index (χ2v) is 7.84. The average molecular weight is 584 g/mol. The van der Waals surface area contributed by atoms with E-state index in [4.69, 9.17) is 11.5 Å². The monoisotopic (exact) mass is 584 g/mol. The Hall–Kier alpha value is -3.08. The first-order valence-corrected chi connectivity index (χ1v) is 9.49. The molecule has 0 amide bonds. The molecule has 0 saturated heterocycles. The molecule has 0 fully saturated rings. The molecule has 0 saturated carbocycles. The van der Waals surface area contributed by atoms with Crippen molar-refractivity contribution in [2.45, 2.75) is 47.4 Å². The number of hydrogen-bond donors (Lipinski definition) is 2. The Morgan fingerprint density at radius 2 is 0.500 bits per heavy atom. The van der Waals surface area contributed by atoms with Gasteiger partial charge in [0.2, 0.25) is 0 Å². The zero-order valence-corrected chi connectivity index (χ0v) is 17.8. The molecule has 2 aromatic rings. The number of nitrogens with two attached hydrogens (primary N) is 2. The molecule has 0 aromatic heterocycles. The number of alkyl halides is 16. The number of nitrogen functional groups attached to an aromatic ring is 2. The van der Waals surface area contributed by atoms with Gasteiger partial charge in [-0.15, -0.1) is 0 Å². The van der Waals surface area contributed by atoms with Crippen LogP contribution in [0.25, 0.3) is 0 Å².